The van der Waals surface area contributed by atoms with Gasteiger partial charge in [0.05, 0.1) is 0 Å². The standard InChI is InChI=1S/C10H19BrGeO2/c1-8(2)6-9(12(3,4)11)7-10(13)14-5/h6,9H,7H2,1-5H3. The maximum atomic E-state index is 11.2. The minimum atomic E-state index is -1.99. The van der Waals surface area contributed by atoms with E-state index in [1.165, 1.54) is 12.7 Å². The Balaban J connectivity index is 4.58. The molecule has 82 valence electrons. The second-order valence-corrected chi connectivity index (χ2v) is 22.9. The number of esters is 1. The van der Waals surface area contributed by atoms with E-state index in [1.54, 1.807) is 0 Å². The van der Waals surface area contributed by atoms with Crippen molar-refractivity contribution in [3.8, 4) is 0 Å². The molecule has 0 saturated carbocycles. The third-order valence-electron chi connectivity index (χ3n) is 2.03. The van der Waals surface area contributed by atoms with Crippen LogP contribution in [0.1, 0.15) is 20.3 Å². The summed E-state index contributed by atoms with van der Waals surface area (Å²) in [6.45, 7) is 4.12. The van der Waals surface area contributed by atoms with E-state index in [-0.39, 0.29) is 5.97 Å². The Morgan fingerprint density at radius 3 is 2.29 bits per heavy atom. The minimum absolute atomic E-state index is 0.120. The van der Waals surface area contributed by atoms with Crippen LogP contribution in [0.25, 0.3) is 0 Å². The molecule has 0 aromatic carbocycles. The fourth-order valence-corrected chi connectivity index (χ4v) is 5.59. The van der Waals surface area contributed by atoms with Crippen LogP contribution in [0.3, 0.4) is 0 Å². The summed E-state index contributed by atoms with van der Waals surface area (Å²) >= 11 is 1.78. The Morgan fingerprint density at radius 1 is 1.50 bits per heavy atom. The fraction of sp³-hybridized carbons (Fsp3) is 0.700. The topological polar surface area (TPSA) is 26.3 Å². The fourth-order valence-electron chi connectivity index (χ4n) is 1.17. The van der Waals surface area contributed by atoms with Crippen molar-refractivity contribution in [2.24, 2.45) is 0 Å². The SMILES string of the molecule is COC(=O)C[CH](C=C(C)C)[Ge]([CH3])([CH3])[Br]. The second-order valence-electron chi connectivity index (χ2n) is 4.20. The number of carbonyl (C=O) groups excluding carboxylic acids is 1. The van der Waals surface area contributed by atoms with Crippen LogP contribution >= 0.6 is 14.0 Å². The summed E-state index contributed by atoms with van der Waals surface area (Å²) in [6.07, 6.45) is 2.69. The number of halogens is 1. The molecule has 0 rings (SSSR count). The molecule has 0 aromatic rings. The number of rotatable bonds is 4. The van der Waals surface area contributed by atoms with Crippen LogP contribution in [-0.2, 0) is 9.53 Å². The summed E-state index contributed by atoms with van der Waals surface area (Å²) < 4.78 is 5.05. The molecule has 0 aliphatic carbocycles. The van der Waals surface area contributed by atoms with E-state index >= 15 is 0 Å². The quantitative estimate of drug-likeness (QED) is 0.450. The molecule has 0 spiro atoms. The summed E-state index contributed by atoms with van der Waals surface area (Å²) in [5.41, 5.74) is 1.26. The molecule has 0 radical (unpaired) electrons. The zero-order valence-corrected chi connectivity index (χ0v) is 13.2. The predicted molar refractivity (Wildman–Crippen MR) is 66.2 cm³/mol. The number of ether oxygens (including phenoxy) is 1. The van der Waals surface area contributed by atoms with E-state index in [1.807, 2.05) is 0 Å². The molecule has 0 aliphatic heterocycles. The Morgan fingerprint density at radius 2 is 2.00 bits per heavy atom. The summed E-state index contributed by atoms with van der Waals surface area (Å²) in [6, 6.07) is 0. The van der Waals surface area contributed by atoms with Gasteiger partial charge in [0.15, 0.2) is 0 Å². The first-order valence-electron chi connectivity index (χ1n) is 4.68. The van der Waals surface area contributed by atoms with Crippen LogP contribution in [0, 0.1) is 0 Å². The molecule has 0 fully saturated rings. The zero-order valence-electron chi connectivity index (χ0n) is 9.56. The van der Waals surface area contributed by atoms with Crippen LogP contribution in [0.15, 0.2) is 11.6 Å². The molecule has 0 amide bonds. The van der Waals surface area contributed by atoms with Crippen molar-refractivity contribution >= 4 is 31.4 Å². The molecular weight excluding hydrogens is 305 g/mol. The van der Waals surface area contributed by atoms with Gasteiger partial charge in [-0.2, -0.15) is 0 Å². The van der Waals surface area contributed by atoms with Crippen molar-refractivity contribution in [1.29, 1.82) is 0 Å². The second kappa shape index (κ2) is 5.96. The van der Waals surface area contributed by atoms with E-state index < -0.39 is 11.4 Å². The summed E-state index contributed by atoms with van der Waals surface area (Å²) in [5.74, 6) is 4.37. The molecule has 1 atom stereocenters. The number of carbonyl (C=O) groups is 1. The van der Waals surface area contributed by atoms with Crippen molar-refractivity contribution in [3.63, 3.8) is 0 Å². The number of methoxy groups -OCH3 is 1. The predicted octanol–water partition coefficient (Wildman–Crippen LogP) is 3.49. The Kier molecular flexibility index (Phi) is 6.06. The van der Waals surface area contributed by atoms with Crippen molar-refractivity contribution in [3.05, 3.63) is 11.6 Å². The molecule has 1 unspecified atom stereocenters. The van der Waals surface area contributed by atoms with Crippen molar-refractivity contribution in [2.75, 3.05) is 7.11 Å². The number of hydrogen-bond acceptors (Lipinski definition) is 2. The molecule has 0 bridgehead atoms. The first-order valence-corrected chi connectivity index (χ1v) is 15.0. The van der Waals surface area contributed by atoms with Gasteiger partial charge >= 0.3 is 96.2 Å². The van der Waals surface area contributed by atoms with Crippen LogP contribution < -0.4 is 0 Å². The molecule has 0 aliphatic rings. The molecular formula is C10H19BrGeO2. The monoisotopic (exact) mass is 324 g/mol. The van der Waals surface area contributed by atoms with Crippen LogP contribution in [-0.4, -0.2) is 24.5 Å². The van der Waals surface area contributed by atoms with E-state index in [0.29, 0.717) is 11.2 Å². The van der Waals surface area contributed by atoms with E-state index in [2.05, 4.69) is 45.4 Å². The average molecular weight is 324 g/mol. The van der Waals surface area contributed by atoms with Crippen LogP contribution in [0.4, 0.5) is 0 Å². The summed E-state index contributed by atoms with van der Waals surface area (Å²) in [5, 5.41) is 0. The van der Waals surface area contributed by atoms with Gasteiger partial charge in [-0.1, -0.05) is 0 Å². The summed E-state index contributed by atoms with van der Waals surface area (Å²) in [4.78, 5) is 11.2. The van der Waals surface area contributed by atoms with Gasteiger partial charge in [-0.25, -0.2) is 0 Å². The molecule has 0 heterocycles. The molecule has 0 N–H and O–H groups in total. The third kappa shape index (κ3) is 5.86. The Bertz CT molecular complexity index is 227. The number of allylic oxidation sites excluding steroid dienone is 2. The Labute approximate surface area is 96.1 Å². The van der Waals surface area contributed by atoms with Crippen LogP contribution in [0.5, 0.6) is 0 Å². The summed E-state index contributed by atoms with van der Waals surface area (Å²) in [7, 11) is 1.44. The zero-order chi connectivity index (χ0) is 11.4. The van der Waals surface area contributed by atoms with E-state index in [9.17, 15) is 4.79 Å². The van der Waals surface area contributed by atoms with E-state index in [4.69, 9.17) is 4.74 Å². The normalized spacial score (nSPS) is 13.3. The average Bonchev–Trinajstić information content (AvgIpc) is 2.00. The van der Waals surface area contributed by atoms with Crippen molar-refractivity contribution in [1.82, 2.24) is 0 Å². The number of hydrogen-bond donors (Lipinski definition) is 0. The first-order chi connectivity index (χ1) is 6.27. The van der Waals surface area contributed by atoms with Crippen molar-refractivity contribution in [2.45, 2.75) is 36.5 Å². The van der Waals surface area contributed by atoms with Gasteiger partial charge in [-0.05, 0) is 0 Å². The van der Waals surface area contributed by atoms with Crippen LogP contribution in [0.2, 0.25) is 16.3 Å². The molecule has 14 heavy (non-hydrogen) atoms. The van der Waals surface area contributed by atoms with E-state index in [0.717, 1.165) is 0 Å². The molecule has 4 heteroatoms. The molecule has 0 aromatic heterocycles. The maximum absolute atomic E-state index is 11.2. The molecule has 2 nitrogen and oxygen atoms in total. The van der Waals surface area contributed by atoms with Gasteiger partial charge in [-0.3, -0.25) is 0 Å². The van der Waals surface area contributed by atoms with Gasteiger partial charge in [0, 0.05) is 0 Å². The van der Waals surface area contributed by atoms with Gasteiger partial charge in [-0.15, -0.1) is 0 Å². The van der Waals surface area contributed by atoms with Gasteiger partial charge in [0.2, 0.25) is 0 Å². The van der Waals surface area contributed by atoms with Gasteiger partial charge in [0.1, 0.15) is 0 Å². The van der Waals surface area contributed by atoms with Gasteiger partial charge < -0.3 is 0 Å². The third-order valence-corrected chi connectivity index (χ3v) is 9.56. The molecule has 0 saturated heterocycles. The van der Waals surface area contributed by atoms with Gasteiger partial charge in [0.25, 0.3) is 0 Å². The Hall–Kier alpha value is 0.233. The first kappa shape index (κ1) is 14.2. The van der Waals surface area contributed by atoms with Crippen molar-refractivity contribution < 1.29 is 9.53 Å².